The van der Waals surface area contributed by atoms with Gasteiger partial charge in [0.05, 0.1) is 12.7 Å². The van der Waals surface area contributed by atoms with Gasteiger partial charge in [-0.05, 0) is 32.4 Å². The number of nitrogens with two attached hydrogens (primary N) is 1. The molecular formula is C13H20N2O2. The van der Waals surface area contributed by atoms with Gasteiger partial charge in [0, 0.05) is 12.6 Å². The van der Waals surface area contributed by atoms with Crippen molar-refractivity contribution in [3.8, 4) is 5.75 Å². The molecule has 1 rings (SSSR count). The molecule has 1 amide bonds. The third-order valence-electron chi connectivity index (χ3n) is 2.48. The topological polar surface area (TPSA) is 64.3 Å². The van der Waals surface area contributed by atoms with Crippen LogP contribution < -0.4 is 15.8 Å². The van der Waals surface area contributed by atoms with Crippen molar-refractivity contribution in [2.75, 3.05) is 13.7 Å². The average molecular weight is 236 g/mol. The minimum atomic E-state index is -0.119. The summed E-state index contributed by atoms with van der Waals surface area (Å²) < 4.78 is 5.16. The van der Waals surface area contributed by atoms with E-state index in [-0.39, 0.29) is 11.9 Å². The van der Waals surface area contributed by atoms with Crippen molar-refractivity contribution in [2.24, 2.45) is 5.73 Å². The summed E-state index contributed by atoms with van der Waals surface area (Å²) in [6.45, 7) is 4.44. The van der Waals surface area contributed by atoms with Crippen molar-refractivity contribution in [2.45, 2.75) is 26.3 Å². The maximum Gasteiger partial charge on any atom is 0.255 e. The number of hydrogen-bond acceptors (Lipinski definition) is 3. The number of aryl methyl sites for hydroxylation is 1. The third kappa shape index (κ3) is 4.07. The summed E-state index contributed by atoms with van der Waals surface area (Å²) in [5, 5.41) is 2.83. The van der Waals surface area contributed by atoms with Gasteiger partial charge < -0.3 is 15.8 Å². The molecular weight excluding hydrogens is 216 g/mol. The molecule has 4 nitrogen and oxygen atoms in total. The monoisotopic (exact) mass is 236 g/mol. The van der Waals surface area contributed by atoms with E-state index in [1.165, 1.54) is 0 Å². The molecule has 0 aliphatic carbocycles. The summed E-state index contributed by atoms with van der Waals surface area (Å²) in [6, 6.07) is 5.63. The number of nitrogens with one attached hydrogen (secondary N) is 1. The van der Waals surface area contributed by atoms with E-state index in [0.29, 0.717) is 17.9 Å². The fraction of sp³-hybridized carbons (Fsp3) is 0.462. The zero-order valence-electron chi connectivity index (χ0n) is 10.6. The molecule has 1 aromatic carbocycles. The number of benzene rings is 1. The number of hydrogen-bond donors (Lipinski definition) is 2. The third-order valence-corrected chi connectivity index (χ3v) is 2.48. The zero-order chi connectivity index (χ0) is 12.8. The van der Waals surface area contributed by atoms with Crippen molar-refractivity contribution in [1.29, 1.82) is 0 Å². The number of carbonyl (C=O) groups is 1. The smallest absolute Gasteiger partial charge is 0.255 e. The predicted molar refractivity (Wildman–Crippen MR) is 68.3 cm³/mol. The van der Waals surface area contributed by atoms with E-state index < -0.39 is 0 Å². The first kappa shape index (κ1) is 13.5. The first-order valence-corrected chi connectivity index (χ1v) is 5.73. The Balaban J connectivity index is 2.70. The quantitative estimate of drug-likeness (QED) is 0.813. The van der Waals surface area contributed by atoms with E-state index >= 15 is 0 Å². The summed E-state index contributed by atoms with van der Waals surface area (Å²) in [7, 11) is 1.56. The molecule has 0 heterocycles. The van der Waals surface area contributed by atoms with E-state index in [1.807, 2.05) is 26.0 Å². The van der Waals surface area contributed by atoms with Crippen LogP contribution in [0, 0.1) is 6.92 Å². The molecule has 0 fully saturated rings. The first-order valence-electron chi connectivity index (χ1n) is 5.73. The van der Waals surface area contributed by atoms with Crippen molar-refractivity contribution in [1.82, 2.24) is 5.32 Å². The molecule has 3 N–H and O–H groups in total. The average Bonchev–Trinajstić information content (AvgIpc) is 2.28. The van der Waals surface area contributed by atoms with Crippen LogP contribution in [0.2, 0.25) is 0 Å². The lowest BCUT2D eigenvalue weighted by Gasteiger charge is -2.11. The summed E-state index contributed by atoms with van der Waals surface area (Å²) >= 11 is 0. The van der Waals surface area contributed by atoms with Gasteiger partial charge in [-0.2, -0.15) is 0 Å². The van der Waals surface area contributed by atoms with Crippen molar-refractivity contribution in [3.63, 3.8) is 0 Å². The standard InChI is InChI=1S/C13H20N2O2/c1-9-4-5-12(17-3)11(8-9)13(16)15-7-6-10(2)14/h4-5,8,10H,6-7,14H2,1-3H3,(H,15,16). The van der Waals surface area contributed by atoms with Crippen LogP contribution in [-0.2, 0) is 0 Å². The fourth-order valence-corrected chi connectivity index (χ4v) is 1.51. The summed E-state index contributed by atoms with van der Waals surface area (Å²) in [4.78, 5) is 11.9. The number of methoxy groups -OCH3 is 1. The summed E-state index contributed by atoms with van der Waals surface area (Å²) in [6.07, 6.45) is 0.764. The highest BCUT2D eigenvalue weighted by Crippen LogP contribution is 2.19. The Bertz CT molecular complexity index is 389. The predicted octanol–water partition coefficient (Wildman–Crippen LogP) is 1.47. The minimum absolute atomic E-state index is 0.0923. The molecule has 0 aromatic heterocycles. The molecule has 94 valence electrons. The lowest BCUT2D eigenvalue weighted by molar-refractivity contribution is 0.0949. The second-order valence-electron chi connectivity index (χ2n) is 4.23. The van der Waals surface area contributed by atoms with Gasteiger partial charge in [-0.1, -0.05) is 11.6 Å². The van der Waals surface area contributed by atoms with Crippen LogP contribution in [0.3, 0.4) is 0 Å². The van der Waals surface area contributed by atoms with E-state index in [9.17, 15) is 4.79 Å². The van der Waals surface area contributed by atoms with Gasteiger partial charge in [0.25, 0.3) is 5.91 Å². The van der Waals surface area contributed by atoms with E-state index in [0.717, 1.165) is 12.0 Å². The van der Waals surface area contributed by atoms with Gasteiger partial charge in [0.2, 0.25) is 0 Å². The SMILES string of the molecule is COc1ccc(C)cc1C(=O)NCCC(C)N. The van der Waals surface area contributed by atoms with Crippen LogP contribution in [0.15, 0.2) is 18.2 Å². The number of carbonyl (C=O) groups excluding carboxylic acids is 1. The Morgan fingerprint density at radius 3 is 2.82 bits per heavy atom. The molecule has 0 spiro atoms. The number of ether oxygens (including phenoxy) is 1. The summed E-state index contributed by atoms with van der Waals surface area (Å²) in [5.74, 6) is 0.472. The molecule has 1 unspecified atom stereocenters. The second kappa shape index (κ2) is 6.25. The maximum absolute atomic E-state index is 11.9. The highest BCUT2D eigenvalue weighted by Gasteiger charge is 2.11. The first-order chi connectivity index (χ1) is 8.04. The van der Waals surface area contributed by atoms with Crippen LogP contribution in [0.25, 0.3) is 0 Å². The molecule has 17 heavy (non-hydrogen) atoms. The Morgan fingerprint density at radius 2 is 2.24 bits per heavy atom. The Labute approximate surface area is 102 Å². The van der Waals surface area contributed by atoms with E-state index in [4.69, 9.17) is 10.5 Å². The zero-order valence-corrected chi connectivity index (χ0v) is 10.6. The molecule has 0 saturated carbocycles. The summed E-state index contributed by atoms with van der Waals surface area (Å²) in [5.41, 5.74) is 7.22. The largest absolute Gasteiger partial charge is 0.496 e. The Morgan fingerprint density at radius 1 is 1.53 bits per heavy atom. The highest BCUT2D eigenvalue weighted by molar-refractivity contribution is 5.97. The number of amides is 1. The maximum atomic E-state index is 11.9. The van der Waals surface area contributed by atoms with Gasteiger partial charge in [-0.25, -0.2) is 0 Å². The highest BCUT2D eigenvalue weighted by atomic mass is 16.5. The fourth-order valence-electron chi connectivity index (χ4n) is 1.51. The molecule has 0 bridgehead atoms. The van der Waals surface area contributed by atoms with Gasteiger partial charge in [-0.15, -0.1) is 0 Å². The van der Waals surface area contributed by atoms with Crippen molar-refractivity contribution >= 4 is 5.91 Å². The molecule has 0 aliphatic rings. The van der Waals surface area contributed by atoms with Gasteiger partial charge in [0.15, 0.2) is 0 Å². The van der Waals surface area contributed by atoms with Crippen LogP contribution in [0.5, 0.6) is 5.75 Å². The normalized spacial score (nSPS) is 12.0. The van der Waals surface area contributed by atoms with Gasteiger partial charge >= 0.3 is 0 Å². The molecule has 0 radical (unpaired) electrons. The lowest BCUT2D eigenvalue weighted by atomic mass is 10.1. The number of rotatable bonds is 5. The Kier molecular flexibility index (Phi) is 4.97. The van der Waals surface area contributed by atoms with Crippen LogP contribution >= 0.6 is 0 Å². The second-order valence-corrected chi connectivity index (χ2v) is 4.23. The van der Waals surface area contributed by atoms with Crippen LogP contribution in [-0.4, -0.2) is 25.6 Å². The van der Waals surface area contributed by atoms with E-state index in [1.54, 1.807) is 13.2 Å². The molecule has 0 aliphatic heterocycles. The van der Waals surface area contributed by atoms with Gasteiger partial charge in [0.1, 0.15) is 5.75 Å². The van der Waals surface area contributed by atoms with Gasteiger partial charge in [-0.3, -0.25) is 4.79 Å². The Hall–Kier alpha value is -1.55. The lowest BCUT2D eigenvalue weighted by Crippen LogP contribution is -2.29. The molecule has 1 aromatic rings. The molecule has 4 heteroatoms. The van der Waals surface area contributed by atoms with Crippen LogP contribution in [0.4, 0.5) is 0 Å². The van der Waals surface area contributed by atoms with E-state index in [2.05, 4.69) is 5.32 Å². The van der Waals surface area contributed by atoms with Crippen LogP contribution in [0.1, 0.15) is 29.3 Å². The minimum Gasteiger partial charge on any atom is -0.496 e. The van der Waals surface area contributed by atoms with Crippen molar-refractivity contribution in [3.05, 3.63) is 29.3 Å². The molecule has 1 atom stereocenters. The molecule has 0 saturated heterocycles. The van der Waals surface area contributed by atoms with Crippen molar-refractivity contribution < 1.29 is 9.53 Å².